The number of nitrogens with zero attached hydrogens (tertiary/aromatic N) is 1. The lowest BCUT2D eigenvalue weighted by Gasteiger charge is -2.27. The fraction of sp³-hybridized carbons (Fsp3) is 0.400. The number of thiophene rings is 1. The van der Waals surface area contributed by atoms with Gasteiger partial charge in [0.15, 0.2) is 0 Å². The number of carbonyl (C=O) groups excluding carboxylic acids is 1. The molecule has 1 aliphatic rings. The summed E-state index contributed by atoms with van der Waals surface area (Å²) in [5, 5.41) is 15.9. The average molecular weight is 440 g/mol. The molecule has 0 spiro atoms. The van der Waals surface area contributed by atoms with Gasteiger partial charge in [0.1, 0.15) is 11.6 Å². The molecule has 2 atom stereocenters. The lowest BCUT2D eigenvalue weighted by molar-refractivity contribution is -0.159. The zero-order valence-electron chi connectivity index (χ0n) is 15.4. The smallest absolute Gasteiger partial charge is 0.336 e. The van der Waals surface area contributed by atoms with Crippen molar-refractivity contribution in [3.05, 3.63) is 58.3 Å². The number of thioether (sulfide) groups is 1. The molecule has 1 heterocycles. The van der Waals surface area contributed by atoms with Crippen LogP contribution in [0, 0.1) is 11.3 Å². The van der Waals surface area contributed by atoms with E-state index in [2.05, 4.69) is 10.6 Å². The molecule has 0 radical (unpaired) electrons. The molecule has 4 nitrogen and oxygen atoms in total. The summed E-state index contributed by atoms with van der Waals surface area (Å²) >= 11 is 2.37. The van der Waals surface area contributed by atoms with Crippen LogP contribution in [0.3, 0.4) is 0 Å². The van der Waals surface area contributed by atoms with Crippen LogP contribution in [0.2, 0.25) is 0 Å². The number of hydrogen-bond donors (Lipinski definition) is 2. The van der Waals surface area contributed by atoms with Gasteiger partial charge in [-0.25, -0.2) is 0 Å². The molecule has 1 unspecified atom stereocenters. The molecule has 1 saturated carbocycles. The highest BCUT2D eigenvalue weighted by atomic mass is 32.2. The second kappa shape index (κ2) is 9.20. The van der Waals surface area contributed by atoms with E-state index in [9.17, 15) is 23.2 Å². The first-order valence-electron chi connectivity index (χ1n) is 9.04. The molecular formula is C20H20F3N3OS2. The van der Waals surface area contributed by atoms with Gasteiger partial charge in [-0.1, -0.05) is 36.4 Å². The molecule has 3 rings (SSSR count). The zero-order valence-corrected chi connectivity index (χ0v) is 17.0. The maximum atomic E-state index is 13.7. The number of hydrogen-bond acceptors (Lipinski definition) is 5. The van der Waals surface area contributed by atoms with Gasteiger partial charge in [-0.3, -0.25) is 10.1 Å². The highest BCUT2D eigenvalue weighted by Gasteiger charge is 2.47. The minimum absolute atomic E-state index is 0.102. The van der Waals surface area contributed by atoms with Gasteiger partial charge < -0.3 is 5.32 Å². The second-order valence-corrected chi connectivity index (χ2v) is 8.90. The van der Waals surface area contributed by atoms with Crippen LogP contribution in [0.25, 0.3) is 0 Å². The SMILES string of the molecule is N#CC1(NC(=O)[C@H](CSCc2ccccc2)NC(c2cccs2)C(F)(F)F)CC1. The van der Waals surface area contributed by atoms with Crippen LogP contribution in [0.1, 0.15) is 29.3 Å². The summed E-state index contributed by atoms with van der Waals surface area (Å²) in [7, 11) is 0. The third-order valence-corrected chi connectivity index (χ3v) is 6.61. The van der Waals surface area contributed by atoms with Gasteiger partial charge in [-0.15, -0.1) is 11.3 Å². The zero-order chi connectivity index (χ0) is 20.9. The van der Waals surface area contributed by atoms with Crippen molar-refractivity contribution in [1.82, 2.24) is 10.6 Å². The number of amides is 1. The topological polar surface area (TPSA) is 64.9 Å². The number of alkyl halides is 3. The highest BCUT2D eigenvalue weighted by Crippen LogP contribution is 2.37. The van der Waals surface area contributed by atoms with Crippen molar-refractivity contribution in [2.24, 2.45) is 0 Å². The first-order valence-corrected chi connectivity index (χ1v) is 11.1. The molecule has 0 bridgehead atoms. The molecule has 2 N–H and O–H groups in total. The standard InChI is InChI=1S/C20H20F3N3OS2/c21-20(22,23)17(16-7-4-10-29-16)25-15(18(27)26-19(13-24)8-9-19)12-28-11-14-5-2-1-3-6-14/h1-7,10,15,17,25H,8-9,11-12H2,(H,26,27)/t15-,17?/m0/s1. The largest absolute Gasteiger partial charge is 0.408 e. The van der Waals surface area contributed by atoms with Crippen LogP contribution >= 0.6 is 23.1 Å². The van der Waals surface area contributed by atoms with Crippen molar-refractivity contribution < 1.29 is 18.0 Å². The molecule has 29 heavy (non-hydrogen) atoms. The third-order valence-electron chi connectivity index (χ3n) is 4.56. The van der Waals surface area contributed by atoms with E-state index in [1.54, 1.807) is 11.4 Å². The molecule has 2 aromatic rings. The summed E-state index contributed by atoms with van der Waals surface area (Å²) in [6, 6.07) is 11.5. The van der Waals surface area contributed by atoms with Crippen molar-refractivity contribution in [1.29, 1.82) is 5.26 Å². The summed E-state index contributed by atoms with van der Waals surface area (Å²) in [5.41, 5.74) is 0.0931. The summed E-state index contributed by atoms with van der Waals surface area (Å²) in [4.78, 5) is 12.8. The van der Waals surface area contributed by atoms with Crippen molar-refractivity contribution in [2.45, 2.75) is 42.4 Å². The Labute approximate surface area is 175 Å². The van der Waals surface area contributed by atoms with Crippen LogP contribution < -0.4 is 10.6 Å². The van der Waals surface area contributed by atoms with E-state index in [0.717, 1.165) is 16.9 Å². The van der Waals surface area contributed by atoms with E-state index in [0.29, 0.717) is 18.6 Å². The summed E-state index contributed by atoms with van der Waals surface area (Å²) in [6.45, 7) is 0. The summed E-state index contributed by atoms with van der Waals surface area (Å²) in [6.07, 6.45) is -3.50. The number of carbonyl (C=O) groups is 1. The van der Waals surface area contributed by atoms with Crippen LogP contribution in [0.4, 0.5) is 13.2 Å². The predicted octanol–water partition coefficient (Wildman–Crippen LogP) is 4.42. The minimum atomic E-state index is -4.54. The first-order chi connectivity index (χ1) is 13.8. The summed E-state index contributed by atoms with van der Waals surface area (Å²) in [5.74, 6) is 0.154. The van der Waals surface area contributed by atoms with Crippen LogP contribution in [0.15, 0.2) is 47.8 Å². The van der Waals surface area contributed by atoms with Crippen molar-refractivity contribution in [3.63, 3.8) is 0 Å². The van der Waals surface area contributed by atoms with E-state index in [1.165, 1.54) is 17.8 Å². The van der Waals surface area contributed by atoms with E-state index in [4.69, 9.17) is 0 Å². The third kappa shape index (κ3) is 5.98. The molecule has 154 valence electrons. The Balaban J connectivity index is 1.72. The van der Waals surface area contributed by atoms with E-state index in [-0.39, 0.29) is 10.6 Å². The maximum Gasteiger partial charge on any atom is 0.408 e. The number of rotatable bonds is 9. The van der Waals surface area contributed by atoms with Gasteiger partial charge in [0.05, 0.1) is 12.1 Å². The van der Waals surface area contributed by atoms with Crippen LogP contribution in [0.5, 0.6) is 0 Å². The predicted molar refractivity (Wildman–Crippen MR) is 108 cm³/mol. The van der Waals surface area contributed by atoms with E-state index >= 15 is 0 Å². The number of nitrogens with one attached hydrogen (secondary N) is 2. The van der Waals surface area contributed by atoms with Crippen molar-refractivity contribution in [2.75, 3.05) is 5.75 Å². The van der Waals surface area contributed by atoms with Gasteiger partial charge in [-0.05, 0) is 29.9 Å². The molecule has 1 aliphatic carbocycles. The number of benzene rings is 1. The average Bonchev–Trinajstić information content (AvgIpc) is 3.25. The number of nitriles is 1. The molecule has 1 fully saturated rings. The Hall–Kier alpha value is -2.02. The quantitative estimate of drug-likeness (QED) is 0.607. The van der Waals surface area contributed by atoms with E-state index < -0.39 is 29.7 Å². The van der Waals surface area contributed by atoms with Crippen LogP contribution in [-0.4, -0.2) is 29.4 Å². The minimum Gasteiger partial charge on any atom is -0.336 e. The molecule has 1 amide bonds. The lowest BCUT2D eigenvalue weighted by atomic mass is 10.1. The van der Waals surface area contributed by atoms with E-state index in [1.807, 2.05) is 36.4 Å². The Bertz CT molecular complexity index is 846. The fourth-order valence-electron chi connectivity index (χ4n) is 2.78. The second-order valence-electron chi connectivity index (χ2n) is 6.89. The summed E-state index contributed by atoms with van der Waals surface area (Å²) < 4.78 is 41.0. The van der Waals surface area contributed by atoms with Crippen molar-refractivity contribution in [3.8, 4) is 6.07 Å². The molecule has 0 saturated heterocycles. The van der Waals surface area contributed by atoms with Gasteiger partial charge >= 0.3 is 6.18 Å². The maximum absolute atomic E-state index is 13.7. The Morgan fingerprint density at radius 2 is 1.97 bits per heavy atom. The Morgan fingerprint density at radius 1 is 1.24 bits per heavy atom. The first kappa shape index (κ1) is 21.7. The molecular weight excluding hydrogens is 419 g/mol. The fourth-order valence-corrected chi connectivity index (χ4v) is 4.61. The monoisotopic (exact) mass is 439 g/mol. The molecule has 0 aliphatic heterocycles. The lowest BCUT2D eigenvalue weighted by Crippen LogP contribution is -2.52. The Kier molecular flexibility index (Phi) is 6.88. The normalized spacial score (nSPS) is 17.2. The highest BCUT2D eigenvalue weighted by molar-refractivity contribution is 7.98. The van der Waals surface area contributed by atoms with Crippen molar-refractivity contribution >= 4 is 29.0 Å². The van der Waals surface area contributed by atoms with Gasteiger partial charge in [0.25, 0.3) is 0 Å². The molecule has 1 aromatic heterocycles. The molecule has 1 aromatic carbocycles. The van der Waals surface area contributed by atoms with Gasteiger partial charge in [0, 0.05) is 16.4 Å². The molecule has 9 heteroatoms. The Morgan fingerprint density at radius 3 is 2.52 bits per heavy atom. The van der Waals surface area contributed by atoms with Crippen LogP contribution in [-0.2, 0) is 10.5 Å². The van der Waals surface area contributed by atoms with Gasteiger partial charge in [-0.2, -0.15) is 30.2 Å². The number of halogens is 3. The van der Waals surface area contributed by atoms with Gasteiger partial charge in [0.2, 0.25) is 5.91 Å².